The number of rotatable bonds is 5. The van der Waals surface area contributed by atoms with Crippen molar-refractivity contribution in [2.24, 2.45) is 5.92 Å². The van der Waals surface area contributed by atoms with E-state index >= 15 is 0 Å². The number of nitrogens with zero attached hydrogens (tertiary/aromatic N) is 2. The van der Waals surface area contributed by atoms with Crippen molar-refractivity contribution in [1.29, 1.82) is 0 Å². The van der Waals surface area contributed by atoms with Crippen molar-refractivity contribution in [2.75, 3.05) is 46.8 Å². The summed E-state index contributed by atoms with van der Waals surface area (Å²) in [5, 5.41) is 2.11. The molecule has 1 atom stereocenters. The molecular weight excluding hydrogens is 247 g/mol. The van der Waals surface area contributed by atoms with Crippen LogP contribution in [0.15, 0.2) is 0 Å². The van der Waals surface area contributed by atoms with Crippen LogP contribution in [0.1, 0.15) is 6.42 Å². The molecule has 0 aromatic rings. The number of likely N-dealkylation sites (N-methyl/N-ethyl adjacent to an activating group) is 1. The number of alkyl halides is 3. The average molecular weight is 267 g/mol. The molecule has 106 valence electrons. The molecule has 0 aromatic carbocycles. The zero-order valence-corrected chi connectivity index (χ0v) is 10.8. The van der Waals surface area contributed by atoms with Gasteiger partial charge in [-0.1, -0.05) is 0 Å². The lowest BCUT2D eigenvalue weighted by Crippen LogP contribution is -2.41. The molecule has 0 radical (unpaired) electrons. The van der Waals surface area contributed by atoms with Crippen LogP contribution in [0.5, 0.6) is 0 Å². The summed E-state index contributed by atoms with van der Waals surface area (Å²) in [6.45, 7) is 1.17. The third kappa shape index (κ3) is 5.68. The predicted octanol–water partition coefficient (Wildman–Crippen LogP) is 0.548. The van der Waals surface area contributed by atoms with Crippen LogP contribution in [0.2, 0.25) is 0 Å². The Morgan fingerprint density at radius 1 is 1.50 bits per heavy atom. The Bertz CT molecular complexity index is 283. The molecule has 18 heavy (non-hydrogen) atoms. The smallest absolute Gasteiger partial charge is 0.344 e. The normalized spacial score (nSPS) is 21.3. The standard InChI is InChI=1S/C11H20F3N3O/c1-16-4-3-9(6-16)7-17(2)10(18)5-15-8-11(12,13)14/h9,15H,3-8H2,1-2H3. The first-order valence-electron chi connectivity index (χ1n) is 5.98. The van der Waals surface area contributed by atoms with E-state index in [1.165, 1.54) is 4.90 Å². The van der Waals surface area contributed by atoms with Gasteiger partial charge in [-0.05, 0) is 25.9 Å². The second-order valence-corrected chi connectivity index (χ2v) is 4.91. The lowest BCUT2D eigenvalue weighted by atomic mass is 10.1. The molecule has 4 nitrogen and oxygen atoms in total. The van der Waals surface area contributed by atoms with Crippen LogP contribution in [-0.4, -0.2) is 68.7 Å². The molecule has 1 amide bonds. The molecule has 1 unspecified atom stereocenters. The third-order valence-electron chi connectivity index (χ3n) is 3.05. The molecule has 1 fully saturated rings. The molecule has 0 aliphatic carbocycles. The number of nitrogens with one attached hydrogen (secondary N) is 1. The first kappa shape index (κ1) is 15.2. The van der Waals surface area contributed by atoms with E-state index in [2.05, 4.69) is 10.2 Å². The molecule has 0 spiro atoms. The first-order chi connectivity index (χ1) is 8.28. The summed E-state index contributed by atoms with van der Waals surface area (Å²) in [5.74, 6) is 0.125. The van der Waals surface area contributed by atoms with E-state index in [9.17, 15) is 18.0 Å². The van der Waals surface area contributed by atoms with Gasteiger partial charge in [-0.3, -0.25) is 4.79 Å². The van der Waals surface area contributed by atoms with E-state index in [1.54, 1.807) is 7.05 Å². The molecule has 0 saturated carbocycles. The van der Waals surface area contributed by atoms with Gasteiger partial charge in [0.2, 0.25) is 5.91 Å². The molecule has 0 bridgehead atoms. The summed E-state index contributed by atoms with van der Waals surface area (Å²) in [4.78, 5) is 15.3. The van der Waals surface area contributed by atoms with Gasteiger partial charge >= 0.3 is 6.18 Å². The fourth-order valence-electron chi connectivity index (χ4n) is 2.11. The summed E-state index contributed by atoms with van der Waals surface area (Å²) in [5.41, 5.74) is 0. The quantitative estimate of drug-likeness (QED) is 0.790. The number of carbonyl (C=O) groups is 1. The van der Waals surface area contributed by atoms with Crippen molar-refractivity contribution in [1.82, 2.24) is 15.1 Å². The Labute approximate surface area is 105 Å². The molecule has 1 heterocycles. The first-order valence-corrected chi connectivity index (χ1v) is 5.98. The second kappa shape index (κ2) is 6.38. The van der Waals surface area contributed by atoms with Gasteiger partial charge in [0, 0.05) is 20.1 Å². The van der Waals surface area contributed by atoms with Gasteiger partial charge in [0.25, 0.3) is 0 Å². The van der Waals surface area contributed by atoms with Crippen molar-refractivity contribution in [2.45, 2.75) is 12.6 Å². The highest BCUT2D eigenvalue weighted by Crippen LogP contribution is 2.15. The summed E-state index contributed by atoms with van der Waals surface area (Å²) in [6.07, 6.45) is -3.24. The Morgan fingerprint density at radius 2 is 2.17 bits per heavy atom. The van der Waals surface area contributed by atoms with E-state index < -0.39 is 12.7 Å². The minimum absolute atomic E-state index is 0.265. The fourth-order valence-corrected chi connectivity index (χ4v) is 2.11. The molecular formula is C11H20F3N3O. The summed E-state index contributed by atoms with van der Waals surface area (Å²) in [6, 6.07) is 0. The van der Waals surface area contributed by atoms with Crippen molar-refractivity contribution < 1.29 is 18.0 Å². The highest BCUT2D eigenvalue weighted by Gasteiger charge is 2.27. The Hall–Kier alpha value is -0.820. The van der Waals surface area contributed by atoms with Gasteiger partial charge in [-0.2, -0.15) is 13.2 Å². The van der Waals surface area contributed by atoms with Gasteiger partial charge in [0.15, 0.2) is 0 Å². The lowest BCUT2D eigenvalue weighted by molar-refractivity contribution is -0.133. The molecule has 1 aliphatic rings. The monoisotopic (exact) mass is 267 g/mol. The Morgan fingerprint density at radius 3 is 2.67 bits per heavy atom. The number of hydrogen-bond acceptors (Lipinski definition) is 3. The van der Waals surface area contributed by atoms with Crippen LogP contribution in [0.3, 0.4) is 0 Å². The van der Waals surface area contributed by atoms with Gasteiger partial charge in [-0.15, -0.1) is 0 Å². The summed E-state index contributed by atoms with van der Waals surface area (Å²) in [7, 11) is 3.66. The van der Waals surface area contributed by atoms with Gasteiger partial charge in [-0.25, -0.2) is 0 Å². The molecule has 0 aromatic heterocycles. The van der Waals surface area contributed by atoms with Gasteiger partial charge in [0.05, 0.1) is 13.1 Å². The number of carbonyl (C=O) groups excluding carboxylic acids is 1. The van der Waals surface area contributed by atoms with E-state index in [-0.39, 0.29) is 12.5 Å². The lowest BCUT2D eigenvalue weighted by Gasteiger charge is -2.21. The minimum Gasteiger partial charge on any atom is -0.344 e. The van der Waals surface area contributed by atoms with Gasteiger partial charge in [0.1, 0.15) is 0 Å². The largest absolute Gasteiger partial charge is 0.401 e. The SMILES string of the molecule is CN1CCC(CN(C)C(=O)CNCC(F)(F)F)C1. The third-order valence-corrected chi connectivity index (χ3v) is 3.05. The van der Waals surface area contributed by atoms with E-state index in [0.717, 1.165) is 19.5 Å². The minimum atomic E-state index is -4.27. The molecule has 1 rings (SSSR count). The molecule has 1 saturated heterocycles. The zero-order valence-electron chi connectivity index (χ0n) is 10.8. The number of amides is 1. The fraction of sp³-hybridized carbons (Fsp3) is 0.909. The Balaban J connectivity index is 2.20. The van der Waals surface area contributed by atoms with Gasteiger partial charge < -0.3 is 15.1 Å². The van der Waals surface area contributed by atoms with Crippen LogP contribution in [0, 0.1) is 5.92 Å². The maximum absolute atomic E-state index is 11.9. The van der Waals surface area contributed by atoms with E-state index in [0.29, 0.717) is 12.5 Å². The highest BCUT2D eigenvalue weighted by atomic mass is 19.4. The summed E-state index contributed by atoms with van der Waals surface area (Å²) >= 11 is 0. The zero-order chi connectivity index (χ0) is 13.8. The average Bonchev–Trinajstić information content (AvgIpc) is 2.61. The molecule has 1 aliphatic heterocycles. The Kier molecular flexibility index (Phi) is 5.40. The summed E-state index contributed by atoms with van der Waals surface area (Å²) < 4.78 is 35.7. The van der Waals surface area contributed by atoms with Crippen molar-refractivity contribution >= 4 is 5.91 Å². The second-order valence-electron chi connectivity index (χ2n) is 4.91. The van der Waals surface area contributed by atoms with E-state index in [4.69, 9.17) is 0 Å². The maximum atomic E-state index is 11.9. The number of hydrogen-bond donors (Lipinski definition) is 1. The van der Waals surface area contributed by atoms with Crippen molar-refractivity contribution in [3.05, 3.63) is 0 Å². The van der Waals surface area contributed by atoms with Crippen molar-refractivity contribution in [3.63, 3.8) is 0 Å². The predicted molar refractivity (Wildman–Crippen MR) is 62.2 cm³/mol. The maximum Gasteiger partial charge on any atom is 0.401 e. The van der Waals surface area contributed by atoms with Crippen molar-refractivity contribution in [3.8, 4) is 0 Å². The van der Waals surface area contributed by atoms with Crippen LogP contribution >= 0.6 is 0 Å². The number of halogens is 3. The topological polar surface area (TPSA) is 35.6 Å². The van der Waals surface area contributed by atoms with Crippen LogP contribution in [0.25, 0.3) is 0 Å². The van der Waals surface area contributed by atoms with Crippen LogP contribution < -0.4 is 5.32 Å². The molecule has 7 heteroatoms. The molecule has 1 N–H and O–H groups in total. The highest BCUT2D eigenvalue weighted by molar-refractivity contribution is 5.77. The van der Waals surface area contributed by atoms with Crippen LogP contribution in [0.4, 0.5) is 13.2 Å². The number of likely N-dealkylation sites (tertiary alicyclic amines) is 1. The van der Waals surface area contributed by atoms with E-state index in [1.807, 2.05) is 7.05 Å². The van der Waals surface area contributed by atoms with Crippen LogP contribution in [-0.2, 0) is 4.79 Å².